The van der Waals surface area contributed by atoms with Gasteiger partial charge in [-0.3, -0.25) is 9.97 Å². The molecule has 0 aliphatic heterocycles. The van der Waals surface area contributed by atoms with Crippen LogP contribution in [0.3, 0.4) is 0 Å². The predicted molar refractivity (Wildman–Crippen MR) is 247 cm³/mol. The van der Waals surface area contributed by atoms with Crippen molar-refractivity contribution in [1.29, 1.82) is 0 Å². The third-order valence-corrected chi connectivity index (χ3v) is 10.8. The van der Waals surface area contributed by atoms with E-state index in [2.05, 4.69) is 32.8 Å². The van der Waals surface area contributed by atoms with Crippen molar-refractivity contribution in [3.05, 3.63) is 179 Å². The number of hydrogen-bond donors (Lipinski definition) is 4. The molecule has 324 valence electrons. The fraction of sp³-hybridized carbons (Fsp3) is 0.192. The minimum absolute atomic E-state index is 0.184. The SMILES string of the molecule is O=C(O)c1cc(NCc2ccccc2OCCOCCOCCOc2ccccc2CNc2cc(C(=O)O)cc(-c3ccnc4ccccc34)c2)cc(-c2ccnc3c2CC=CC3)c1. The van der Waals surface area contributed by atoms with Crippen molar-refractivity contribution in [1.82, 2.24) is 9.97 Å². The van der Waals surface area contributed by atoms with E-state index in [1.165, 1.54) is 0 Å². The summed E-state index contributed by atoms with van der Waals surface area (Å²) in [5.41, 5.74) is 10.1. The fourth-order valence-corrected chi connectivity index (χ4v) is 7.69. The zero-order valence-corrected chi connectivity index (χ0v) is 35.2. The molecule has 0 saturated carbocycles. The Hall–Kier alpha value is -7.54. The van der Waals surface area contributed by atoms with Crippen molar-refractivity contribution < 1.29 is 38.7 Å². The molecule has 8 rings (SSSR count). The second-order valence-corrected chi connectivity index (χ2v) is 15.1. The van der Waals surface area contributed by atoms with Crippen LogP contribution < -0.4 is 20.1 Å². The molecule has 0 radical (unpaired) electrons. The number of pyridine rings is 2. The Morgan fingerprint density at radius 3 is 1.69 bits per heavy atom. The molecule has 1 aliphatic carbocycles. The largest absolute Gasteiger partial charge is 0.491 e. The molecular formula is C52H48N4O8. The van der Waals surface area contributed by atoms with Crippen molar-refractivity contribution >= 4 is 34.2 Å². The van der Waals surface area contributed by atoms with Crippen LogP contribution in [0, 0.1) is 0 Å². The fourth-order valence-electron chi connectivity index (χ4n) is 7.69. The zero-order valence-electron chi connectivity index (χ0n) is 35.2. The van der Waals surface area contributed by atoms with E-state index < -0.39 is 11.9 Å². The number of hydrogen-bond acceptors (Lipinski definition) is 10. The van der Waals surface area contributed by atoms with Gasteiger partial charge in [0.1, 0.15) is 24.7 Å². The number of fused-ring (bicyclic) bond motifs is 2. The third-order valence-electron chi connectivity index (χ3n) is 10.8. The zero-order chi connectivity index (χ0) is 44.1. The van der Waals surface area contributed by atoms with Crippen LogP contribution >= 0.6 is 0 Å². The molecule has 5 aromatic carbocycles. The van der Waals surface area contributed by atoms with E-state index in [0.29, 0.717) is 75.6 Å². The molecule has 0 spiro atoms. The van der Waals surface area contributed by atoms with E-state index in [1.54, 1.807) is 36.7 Å². The van der Waals surface area contributed by atoms with E-state index in [0.717, 1.165) is 68.4 Å². The Bertz CT molecular complexity index is 2780. The third kappa shape index (κ3) is 10.9. The van der Waals surface area contributed by atoms with Gasteiger partial charge in [0, 0.05) is 65.5 Å². The number of allylic oxidation sites excluding steroid dienone is 2. The highest BCUT2D eigenvalue weighted by Crippen LogP contribution is 2.33. The van der Waals surface area contributed by atoms with Gasteiger partial charge < -0.3 is 39.8 Å². The van der Waals surface area contributed by atoms with E-state index in [-0.39, 0.29) is 11.1 Å². The number of para-hydroxylation sites is 3. The molecule has 0 fully saturated rings. The lowest BCUT2D eigenvalue weighted by molar-refractivity contribution is 0.0272. The highest BCUT2D eigenvalue weighted by molar-refractivity contribution is 5.98. The molecule has 1 aliphatic rings. The standard InChI is InChI=1S/C52H48N4O8/c57-51(58)39-27-37(43-17-19-53-47-13-5-3-11-45(43)47)29-41(31-39)55-33-35-9-1-7-15-49(35)63-25-23-61-21-22-62-24-26-64-50-16-8-2-10-36(50)34-56-42-30-38(28-40(32-42)52(59)60)44-18-20-54-48-14-6-4-12-46(44)48/h1-11,13,15-20,27-32,55-56H,12,14,21-26,33-34H2,(H,57,58)(H,59,60). The average Bonchev–Trinajstić information content (AvgIpc) is 3.33. The molecule has 12 heteroatoms. The lowest BCUT2D eigenvalue weighted by atomic mass is 9.92. The van der Waals surface area contributed by atoms with Gasteiger partial charge in [-0.1, -0.05) is 66.7 Å². The molecule has 0 atom stereocenters. The Balaban J connectivity index is 0.767. The summed E-state index contributed by atoms with van der Waals surface area (Å²) in [6, 6.07) is 37.7. The summed E-state index contributed by atoms with van der Waals surface area (Å²) < 4.78 is 23.7. The van der Waals surface area contributed by atoms with Crippen LogP contribution in [0.15, 0.2) is 146 Å². The summed E-state index contributed by atoms with van der Waals surface area (Å²) in [6.45, 7) is 3.04. The Morgan fingerprint density at radius 2 is 1.06 bits per heavy atom. The van der Waals surface area contributed by atoms with Gasteiger partial charge in [0.15, 0.2) is 0 Å². The lowest BCUT2D eigenvalue weighted by Gasteiger charge is -2.17. The Morgan fingerprint density at radius 1 is 0.547 bits per heavy atom. The topological polar surface area (TPSA) is 161 Å². The normalized spacial score (nSPS) is 11.8. The van der Waals surface area contributed by atoms with E-state index in [9.17, 15) is 19.8 Å². The highest BCUT2D eigenvalue weighted by atomic mass is 16.6. The van der Waals surface area contributed by atoms with Gasteiger partial charge in [-0.05, 0) is 101 Å². The minimum Gasteiger partial charge on any atom is -0.491 e. The Labute approximate surface area is 371 Å². The number of aromatic carboxylic acids is 2. The van der Waals surface area contributed by atoms with Crippen LogP contribution in [-0.2, 0) is 35.4 Å². The maximum atomic E-state index is 12.1. The molecule has 2 heterocycles. The average molecular weight is 857 g/mol. The number of carbonyl (C=O) groups is 2. The number of carboxylic acid groups (broad SMARTS) is 2. The molecule has 64 heavy (non-hydrogen) atoms. The van der Waals surface area contributed by atoms with E-state index in [4.69, 9.17) is 18.9 Å². The number of nitrogens with one attached hydrogen (secondary N) is 2. The molecule has 2 aromatic heterocycles. The molecule has 0 bridgehead atoms. The van der Waals surface area contributed by atoms with Crippen LogP contribution in [0.25, 0.3) is 33.2 Å². The maximum Gasteiger partial charge on any atom is 0.335 e. The molecule has 0 amide bonds. The lowest BCUT2D eigenvalue weighted by Crippen LogP contribution is -2.14. The van der Waals surface area contributed by atoms with Gasteiger partial charge in [-0.25, -0.2) is 9.59 Å². The maximum absolute atomic E-state index is 12.1. The van der Waals surface area contributed by atoms with Gasteiger partial charge in [-0.2, -0.15) is 0 Å². The summed E-state index contributed by atoms with van der Waals surface area (Å²) in [4.78, 5) is 33.2. The van der Waals surface area contributed by atoms with Gasteiger partial charge in [0.05, 0.1) is 43.1 Å². The van der Waals surface area contributed by atoms with Crippen molar-refractivity contribution in [2.24, 2.45) is 0 Å². The Kier molecular flexibility index (Phi) is 14.2. The first-order chi connectivity index (χ1) is 31.4. The summed E-state index contributed by atoms with van der Waals surface area (Å²) in [5, 5.41) is 27.6. The van der Waals surface area contributed by atoms with Crippen LogP contribution in [0.4, 0.5) is 11.4 Å². The highest BCUT2D eigenvalue weighted by Gasteiger charge is 2.17. The summed E-state index contributed by atoms with van der Waals surface area (Å²) in [7, 11) is 0. The molecule has 7 aromatic rings. The molecule has 4 N–H and O–H groups in total. The van der Waals surface area contributed by atoms with Gasteiger partial charge in [-0.15, -0.1) is 0 Å². The van der Waals surface area contributed by atoms with Crippen LogP contribution in [0.2, 0.25) is 0 Å². The quantitative estimate of drug-likeness (QED) is 0.0401. The monoisotopic (exact) mass is 856 g/mol. The number of nitrogens with zero attached hydrogens (tertiary/aromatic N) is 2. The summed E-state index contributed by atoms with van der Waals surface area (Å²) in [6.07, 6.45) is 9.28. The van der Waals surface area contributed by atoms with Gasteiger partial charge in [0.2, 0.25) is 0 Å². The first-order valence-electron chi connectivity index (χ1n) is 21.2. The number of aromatic nitrogens is 2. The van der Waals surface area contributed by atoms with Crippen LogP contribution in [-0.4, -0.2) is 71.8 Å². The predicted octanol–water partition coefficient (Wildman–Crippen LogP) is 9.73. The molecular weight excluding hydrogens is 809 g/mol. The molecule has 0 saturated heterocycles. The number of rotatable bonds is 21. The van der Waals surface area contributed by atoms with Crippen molar-refractivity contribution in [2.45, 2.75) is 25.9 Å². The number of ether oxygens (including phenoxy) is 4. The molecule has 12 nitrogen and oxygen atoms in total. The molecule has 0 unspecified atom stereocenters. The van der Waals surface area contributed by atoms with Crippen molar-refractivity contribution in [3.63, 3.8) is 0 Å². The van der Waals surface area contributed by atoms with Crippen LogP contribution in [0.5, 0.6) is 11.5 Å². The first kappa shape index (κ1) is 43.1. The second-order valence-electron chi connectivity index (χ2n) is 15.1. The second kappa shape index (κ2) is 21.0. The smallest absolute Gasteiger partial charge is 0.335 e. The van der Waals surface area contributed by atoms with Gasteiger partial charge in [0.25, 0.3) is 0 Å². The van der Waals surface area contributed by atoms with Crippen molar-refractivity contribution in [2.75, 3.05) is 50.3 Å². The van der Waals surface area contributed by atoms with Crippen LogP contribution in [0.1, 0.15) is 43.1 Å². The number of benzene rings is 5. The summed E-state index contributed by atoms with van der Waals surface area (Å²) >= 11 is 0. The number of carboxylic acids is 2. The van der Waals surface area contributed by atoms with E-state index in [1.807, 2.05) is 97.1 Å². The van der Waals surface area contributed by atoms with Gasteiger partial charge >= 0.3 is 11.9 Å². The first-order valence-corrected chi connectivity index (χ1v) is 21.2. The van der Waals surface area contributed by atoms with E-state index >= 15 is 0 Å². The van der Waals surface area contributed by atoms with Crippen molar-refractivity contribution in [3.8, 4) is 33.8 Å². The minimum atomic E-state index is -1.01. The summed E-state index contributed by atoms with van der Waals surface area (Å²) in [5.74, 6) is -0.578. The number of anilines is 2.